The molecule has 102 valence electrons. The molecule has 0 N–H and O–H groups in total. The minimum atomic E-state index is 0.763. The van der Waals surface area contributed by atoms with Crippen LogP contribution in [0.2, 0.25) is 0 Å². The number of alkyl halides is 1. The number of unbranched alkanes of at least 4 members (excludes halogenated alkanes) is 2. The average molecular weight is 268 g/mol. The van der Waals surface area contributed by atoms with Gasteiger partial charge in [-0.25, -0.2) is 0 Å². The molecule has 0 fully saturated rings. The number of nitrogens with zero attached hydrogens (tertiary/aromatic N) is 1. The Morgan fingerprint density at radius 1 is 1.00 bits per heavy atom. The van der Waals surface area contributed by atoms with E-state index >= 15 is 0 Å². The highest BCUT2D eigenvalue weighted by molar-refractivity contribution is 6.17. The van der Waals surface area contributed by atoms with Crippen LogP contribution in [0.4, 0.5) is 5.69 Å². The van der Waals surface area contributed by atoms with Gasteiger partial charge in [0, 0.05) is 24.7 Å². The molecule has 0 spiro atoms. The van der Waals surface area contributed by atoms with E-state index in [2.05, 4.69) is 49.1 Å². The molecule has 18 heavy (non-hydrogen) atoms. The lowest BCUT2D eigenvalue weighted by atomic mass is 10.1. The summed E-state index contributed by atoms with van der Waals surface area (Å²) in [6, 6.07) is 10.7. The quantitative estimate of drug-likeness (QED) is 0.452. The first-order valence-electron chi connectivity index (χ1n) is 7.10. The second-order valence-corrected chi connectivity index (χ2v) is 5.63. The number of rotatable bonds is 9. The monoisotopic (exact) mass is 267 g/mol. The third-order valence-corrected chi connectivity index (χ3v) is 3.43. The summed E-state index contributed by atoms with van der Waals surface area (Å²) < 4.78 is 0. The molecule has 0 radical (unpaired) electrons. The van der Waals surface area contributed by atoms with E-state index in [9.17, 15) is 0 Å². The summed E-state index contributed by atoms with van der Waals surface area (Å²) in [6.45, 7) is 6.88. The minimum Gasteiger partial charge on any atom is -0.372 e. The molecule has 0 heterocycles. The van der Waals surface area contributed by atoms with E-state index in [-0.39, 0.29) is 0 Å². The van der Waals surface area contributed by atoms with Crippen molar-refractivity contribution in [1.82, 2.24) is 0 Å². The van der Waals surface area contributed by atoms with E-state index < -0.39 is 0 Å². The van der Waals surface area contributed by atoms with Crippen molar-refractivity contribution in [2.45, 2.75) is 39.5 Å². The van der Waals surface area contributed by atoms with Gasteiger partial charge in [0.15, 0.2) is 0 Å². The number of halogens is 1. The van der Waals surface area contributed by atoms with E-state index in [0.717, 1.165) is 31.3 Å². The maximum atomic E-state index is 5.72. The number of para-hydroxylation sites is 1. The van der Waals surface area contributed by atoms with Crippen molar-refractivity contribution in [1.29, 1.82) is 0 Å². The molecule has 0 amide bonds. The minimum absolute atomic E-state index is 0.763. The van der Waals surface area contributed by atoms with Crippen LogP contribution < -0.4 is 4.90 Å². The normalized spacial score (nSPS) is 10.9. The van der Waals surface area contributed by atoms with Crippen molar-refractivity contribution in [3.05, 3.63) is 30.3 Å². The van der Waals surface area contributed by atoms with Gasteiger partial charge in [0.25, 0.3) is 0 Å². The molecule has 0 aromatic heterocycles. The van der Waals surface area contributed by atoms with E-state index in [0.29, 0.717) is 0 Å². The van der Waals surface area contributed by atoms with Crippen molar-refractivity contribution in [3.8, 4) is 0 Å². The lowest BCUT2D eigenvalue weighted by Gasteiger charge is -2.25. The van der Waals surface area contributed by atoms with Crippen LogP contribution in [0.1, 0.15) is 39.5 Å². The molecule has 1 aromatic carbocycles. The fraction of sp³-hybridized carbons (Fsp3) is 0.625. The summed E-state index contributed by atoms with van der Waals surface area (Å²) in [4.78, 5) is 2.51. The van der Waals surface area contributed by atoms with Gasteiger partial charge < -0.3 is 4.90 Å². The van der Waals surface area contributed by atoms with E-state index in [4.69, 9.17) is 11.6 Å². The third-order valence-electron chi connectivity index (χ3n) is 3.16. The Morgan fingerprint density at radius 2 is 1.72 bits per heavy atom. The molecule has 1 nitrogen and oxygen atoms in total. The second-order valence-electron chi connectivity index (χ2n) is 5.25. The molecule has 0 bridgehead atoms. The number of anilines is 1. The lowest BCUT2D eigenvalue weighted by Crippen LogP contribution is -2.26. The van der Waals surface area contributed by atoms with E-state index in [1.165, 1.54) is 24.9 Å². The second kappa shape index (κ2) is 9.27. The number of hydrogen-bond donors (Lipinski definition) is 0. The van der Waals surface area contributed by atoms with Gasteiger partial charge in [0.1, 0.15) is 0 Å². The topological polar surface area (TPSA) is 3.24 Å². The first kappa shape index (κ1) is 15.4. The summed E-state index contributed by atoms with van der Waals surface area (Å²) in [6.07, 6.45) is 4.85. The number of benzene rings is 1. The van der Waals surface area contributed by atoms with E-state index in [1.807, 2.05) is 0 Å². The molecule has 1 aromatic rings. The molecular formula is C16H26ClN. The van der Waals surface area contributed by atoms with Crippen LogP contribution >= 0.6 is 11.6 Å². The molecule has 0 unspecified atom stereocenters. The lowest BCUT2D eigenvalue weighted by molar-refractivity contribution is 0.563. The predicted molar refractivity (Wildman–Crippen MR) is 82.7 cm³/mol. The highest BCUT2D eigenvalue weighted by atomic mass is 35.5. The number of hydrogen-bond acceptors (Lipinski definition) is 1. The zero-order chi connectivity index (χ0) is 13.2. The van der Waals surface area contributed by atoms with Gasteiger partial charge in [-0.15, -0.1) is 11.6 Å². The highest BCUT2D eigenvalue weighted by Gasteiger charge is 2.06. The molecule has 0 aliphatic carbocycles. The summed E-state index contributed by atoms with van der Waals surface area (Å²) >= 11 is 5.72. The van der Waals surface area contributed by atoms with Gasteiger partial charge in [-0.3, -0.25) is 0 Å². The Kier molecular flexibility index (Phi) is 7.91. The maximum Gasteiger partial charge on any atom is 0.0366 e. The van der Waals surface area contributed by atoms with Crippen LogP contribution in [0.5, 0.6) is 0 Å². The Morgan fingerprint density at radius 3 is 2.33 bits per heavy atom. The van der Waals surface area contributed by atoms with Gasteiger partial charge in [-0.1, -0.05) is 38.5 Å². The van der Waals surface area contributed by atoms with Crippen LogP contribution in [-0.2, 0) is 0 Å². The van der Waals surface area contributed by atoms with Gasteiger partial charge in [-0.05, 0) is 37.3 Å². The Bertz CT molecular complexity index is 297. The molecular weight excluding hydrogens is 242 g/mol. The third kappa shape index (κ3) is 6.30. The summed E-state index contributed by atoms with van der Waals surface area (Å²) in [5.41, 5.74) is 1.35. The Hall–Kier alpha value is -0.690. The fourth-order valence-corrected chi connectivity index (χ4v) is 2.19. The summed E-state index contributed by atoms with van der Waals surface area (Å²) in [5, 5.41) is 0. The van der Waals surface area contributed by atoms with Crippen molar-refractivity contribution in [3.63, 3.8) is 0 Å². The largest absolute Gasteiger partial charge is 0.372 e. The molecule has 0 saturated carbocycles. The highest BCUT2D eigenvalue weighted by Crippen LogP contribution is 2.16. The van der Waals surface area contributed by atoms with Gasteiger partial charge in [0.05, 0.1) is 0 Å². The van der Waals surface area contributed by atoms with Crippen LogP contribution in [0.25, 0.3) is 0 Å². The van der Waals surface area contributed by atoms with Gasteiger partial charge in [0.2, 0.25) is 0 Å². The van der Waals surface area contributed by atoms with Gasteiger partial charge in [-0.2, -0.15) is 0 Å². The van der Waals surface area contributed by atoms with Crippen LogP contribution in [0.3, 0.4) is 0 Å². The van der Waals surface area contributed by atoms with Crippen LogP contribution in [-0.4, -0.2) is 19.0 Å². The molecule has 0 aliphatic rings. The maximum absolute atomic E-state index is 5.72. The SMILES string of the molecule is CC(C)CCN(CCCCCCl)c1ccccc1. The smallest absolute Gasteiger partial charge is 0.0366 e. The average Bonchev–Trinajstić information content (AvgIpc) is 2.38. The van der Waals surface area contributed by atoms with E-state index in [1.54, 1.807) is 0 Å². The zero-order valence-corrected chi connectivity index (χ0v) is 12.5. The molecule has 0 aliphatic heterocycles. The Balaban J connectivity index is 2.47. The van der Waals surface area contributed by atoms with Crippen molar-refractivity contribution >= 4 is 17.3 Å². The Labute approximate surface area is 117 Å². The van der Waals surface area contributed by atoms with Crippen molar-refractivity contribution in [2.75, 3.05) is 23.9 Å². The zero-order valence-electron chi connectivity index (χ0n) is 11.7. The van der Waals surface area contributed by atoms with Crippen molar-refractivity contribution < 1.29 is 0 Å². The molecule has 0 saturated heterocycles. The predicted octanol–water partition coefficient (Wildman–Crippen LogP) is 4.95. The molecule has 1 rings (SSSR count). The molecule has 0 atom stereocenters. The first-order valence-corrected chi connectivity index (χ1v) is 7.63. The summed E-state index contributed by atoms with van der Waals surface area (Å²) in [7, 11) is 0. The van der Waals surface area contributed by atoms with Crippen LogP contribution in [0.15, 0.2) is 30.3 Å². The van der Waals surface area contributed by atoms with Gasteiger partial charge >= 0.3 is 0 Å². The molecule has 2 heteroatoms. The standard InChI is InChI=1S/C16H26ClN/c1-15(2)11-14-18(13-8-4-7-12-17)16-9-5-3-6-10-16/h3,5-6,9-10,15H,4,7-8,11-14H2,1-2H3. The summed E-state index contributed by atoms with van der Waals surface area (Å²) in [5.74, 6) is 1.55. The van der Waals surface area contributed by atoms with Crippen LogP contribution in [0, 0.1) is 5.92 Å². The first-order chi connectivity index (χ1) is 8.74. The fourth-order valence-electron chi connectivity index (χ4n) is 2.00. The van der Waals surface area contributed by atoms with Crippen molar-refractivity contribution in [2.24, 2.45) is 5.92 Å².